The van der Waals surface area contributed by atoms with Gasteiger partial charge in [-0.1, -0.05) is 90.9 Å². The summed E-state index contributed by atoms with van der Waals surface area (Å²) in [5.74, 6) is -0.353. The Morgan fingerprint density at radius 1 is 0.607 bits per heavy atom. The van der Waals surface area contributed by atoms with E-state index in [9.17, 15) is 9.59 Å². The first-order chi connectivity index (χ1) is 13.7. The minimum atomic E-state index is -0.442. The van der Waals surface area contributed by atoms with Gasteiger partial charge in [-0.15, -0.1) is 0 Å². The van der Waals surface area contributed by atoms with Gasteiger partial charge in [0.15, 0.2) is 0 Å². The van der Waals surface area contributed by atoms with Crippen molar-refractivity contribution in [1.82, 2.24) is 4.90 Å². The van der Waals surface area contributed by atoms with Crippen LogP contribution in [0.25, 0.3) is 0 Å². The second kappa shape index (κ2) is 20.5. The summed E-state index contributed by atoms with van der Waals surface area (Å²) in [5.41, 5.74) is 0. The molecule has 28 heavy (non-hydrogen) atoms. The van der Waals surface area contributed by atoms with Crippen LogP contribution in [0.15, 0.2) is 0 Å². The maximum absolute atomic E-state index is 11.8. The molecule has 0 bridgehead atoms. The van der Waals surface area contributed by atoms with E-state index in [0.29, 0.717) is 19.8 Å². The normalized spacial score (nSPS) is 10.7. The van der Waals surface area contributed by atoms with E-state index >= 15 is 0 Å². The van der Waals surface area contributed by atoms with E-state index in [1.165, 1.54) is 75.5 Å². The van der Waals surface area contributed by atoms with Gasteiger partial charge in [-0.3, -0.25) is 9.69 Å². The second-order valence-corrected chi connectivity index (χ2v) is 7.59. The highest BCUT2D eigenvalue weighted by molar-refractivity contribution is 5.78. The molecule has 0 fully saturated rings. The number of carbonyl (C=O) groups excluding carboxylic acids is 2. The Morgan fingerprint density at radius 2 is 1.11 bits per heavy atom. The van der Waals surface area contributed by atoms with Gasteiger partial charge in [0, 0.05) is 6.54 Å². The SMILES string of the molecule is CCCCCCCCCCCCCCCOC(=O)CN(CC)C(=O)OCCC. The lowest BCUT2D eigenvalue weighted by Crippen LogP contribution is -2.36. The van der Waals surface area contributed by atoms with Crippen molar-refractivity contribution in [2.45, 2.75) is 111 Å². The molecule has 0 heterocycles. The molecule has 5 nitrogen and oxygen atoms in total. The van der Waals surface area contributed by atoms with E-state index in [1.54, 1.807) is 0 Å². The van der Waals surface area contributed by atoms with E-state index in [-0.39, 0.29) is 12.5 Å². The summed E-state index contributed by atoms with van der Waals surface area (Å²) in [6.07, 6.45) is 17.2. The molecule has 0 aliphatic heterocycles. The smallest absolute Gasteiger partial charge is 0.410 e. The molecular formula is C23H45NO4. The predicted molar refractivity (Wildman–Crippen MR) is 116 cm³/mol. The van der Waals surface area contributed by atoms with E-state index in [2.05, 4.69) is 6.92 Å². The van der Waals surface area contributed by atoms with Crippen LogP contribution < -0.4 is 0 Å². The van der Waals surface area contributed by atoms with Crippen LogP contribution in [0.4, 0.5) is 4.79 Å². The average Bonchev–Trinajstić information content (AvgIpc) is 2.70. The number of carbonyl (C=O) groups is 2. The summed E-state index contributed by atoms with van der Waals surface area (Å²) < 4.78 is 10.3. The van der Waals surface area contributed by atoms with Gasteiger partial charge in [0.25, 0.3) is 0 Å². The number of hydrogen-bond donors (Lipinski definition) is 0. The largest absolute Gasteiger partial charge is 0.464 e. The summed E-state index contributed by atoms with van der Waals surface area (Å²) in [4.78, 5) is 25.0. The zero-order valence-electron chi connectivity index (χ0n) is 18.8. The Bertz CT molecular complexity index is 374. The number of ether oxygens (including phenoxy) is 2. The van der Waals surface area contributed by atoms with E-state index in [0.717, 1.165) is 19.3 Å². The standard InChI is InChI=1S/C23H45NO4/c1-4-7-8-9-10-11-12-13-14-15-16-17-18-20-27-22(25)21-24(6-3)23(26)28-19-5-2/h4-21H2,1-3H3. The van der Waals surface area contributed by atoms with Crippen molar-refractivity contribution in [3.63, 3.8) is 0 Å². The van der Waals surface area contributed by atoms with Gasteiger partial charge in [-0.25, -0.2) is 4.79 Å². The molecule has 0 saturated carbocycles. The maximum Gasteiger partial charge on any atom is 0.410 e. The highest BCUT2D eigenvalue weighted by Gasteiger charge is 2.17. The number of rotatable bonds is 19. The first kappa shape index (κ1) is 26.7. The number of amides is 1. The maximum atomic E-state index is 11.8. The second-order valence-electron chi connectivity index (χ2n) is 7.59. The Labute approximate surface area is 173 Å². The Kier molecular flexibility index (Phi) is 19.6. The van der Waals surface area contributed by atoms with E-state index in [1.807, 2.05) is 13.8 Å². The highest BCUT2D eigenvalue weighted by Crippen LogP contribution is 2.12. The first-order valence-electron chi connectivity index (χ1n) is 11.7. The van der Waals surface area contributed by atoms with Crippen LogP contribution in [0.2, 0.25) is 0 Å². The van der Waals surface area contributed by atoms with Crippen molar-refractivity contribution >= 4 is 12.1 Å². The molecule has 166 valence electrons. The summed E-state index contributed by atoms with van der Waals surface area (Å²) >= 11 is 0. The fourth-order valence-electron chi connectivity index (χ4n) is 3.09. The van der Waals surface area contributed by atoms with Crippen molar-refractivity contribution in [2.75, 3.05) is 26.3 Å². The van der Waals surface area contributed by atoms with Crippen molar-refractivity contribution in [3.05, 3.63) is 0 Å². The Hall–Kier alpha value is -1.26. The van der Waals surface area contributed by atoms with Gasteiger partial charge in [-0.05, 0) is 19.8 Å². The molecule has 0 atom stereocenters. The van der Waals surface area contributed by atoms with Gasteiger partial charge in [0.2, 0.25) is 0 Å². The van der Waals surface area contributed by atoms with Crippen molar-refractivity contribution < 1.29 is 19.1 Å². The molecule has 0 saturated heterocycles. The molecule has 1 amide bonds. The summed E-state index contributed by atoms with van der Waals surface area (Å²) in [7, 11) is 0. The van der Waals surface area contributed by atoms with Crippen LogP contribution in [0.3, 0.4) is 0 Å². The molecule has 0 radical (unpaired) electrons. The van der Waals surface area contributed by atoms with Gasteiger partial charge in [-0.2, -0.15) is 0 Å². The third kappa shape index (κ3) is 16.9. The Morgan fingerprint density at radius 3 is 1.57 bits per heavy atom. The van der Waals surface area contributed by atoms with Crippen LogP contribution in [0, 0.1) is 0 Å². The molecule has 0 spiro atoms. The molecule has 0 aromatic carbocycles. The topological polar surface area (TPSA) is 55.8 Å². The lowest BCUT2D eigenvalue weighted by atomic mass is 10.0. The number of likely N-dealkylation sites (N-methyl/N-ethyl adjacent to an activating group) is 1. The molecule has 0 rings (SSSR count). The highest BCUT2D eigenvalue weighted by atomic mass is 16.6. The van der Waals surface area contributed by atoms with Gasteiger partial charge < -0.3 is 9.47 Å². The zero-order chi connectivity index (χ0) is 20.9. The third-order valence-electron chi connectivity index (χ3n) is 4.90. The molecule has 5 heteroatoms. The van der Waals surface area contributed by atoms with E-state index < -0.39 is 6.09 Å². The summed E-state index contributed by atoms with van der Waals surface area (Å²) in [6.45, 7) is 7.26. The van der Waals surface area contributed by atoms with Crippen molar-refractivity contribution in [1.29, 1.82) is 0 Å². The summed E-state index contributed by atoms with van der Waals surface area (Å²) in [6, 6.07) is 0. The fraction of sp³-hybridized carbons (Fsp3) is 0.913. The number of unbranched alkanes of at least 4 members (excludes halogenated alkanes) is 12. The minimum absolute atomic E-state index is 0.0303. The molecule has 0 unspecified atom stereocenters. The van der Waals surface area contributed by atoms with Gasteiger partial charge in [0.1, 0.15) is 6.54 Å². The fourth-order valence-corrected chi connectivity index (χ4v) is 3.09. The molecule has 0 aromatic rings. The van der Waals surface area contributed by atoms with Crippen LogP contribution in [0.1, 0.15) is 111 Å². The van der Waals surface area contributed by atoms with Crippen LogP contribution >= 0.6 is 0 Å². The van der Waals surface area contributed by atoms with Crippen LogP contribution in [-0.2, 0) is 14.3 Å². The number of nitrogens with zero attached hydrogens (tertiary/aromatic N) is 1. The number of hydrogen-bond acceptors (Lipinski definition) is 4. The zero-order valence-corrected chi connectivity index (χ0v) is 18.8. The quantitative estimate of drug-likeness (QED) is 0.184. The summed E-state index contributed by atoms with van der Waals surface area (Å²) in [5, 5.41) is 0. The first-order valence-corrected chi connectivity index (χ1v) is 11.7. The van der Waals surface area contributed by atoms with Gasteiger partial charge in [0.05, 0.1) is 13.2 Å². The van der Waals surface area contributed by atoms with Gasteiger partial charge >= 0.3 is 12.1 Å². The molecule has 0 aliphatic rings. The molecule has 0 aliphatic carbocycles. The van der Waals surface area contributed by atoms with Crippen molar-refractivity contribution in [3.8, 4) is 0 Å². The average molecular weight is 400 g/mol. The molecule has 0 aromatic heterocycles. The predicted octanol–water partition coefficient (Wildman–Crippen LogP) is 6.49. The van der Waals surface area contributed by atoms with E-state index in [4.69, 9.17) is 9.47 Å². The molecule has 0 N–H and O–H groups in total. The Balaban J connectivity index is 3.45. The van der Waals surface area contributed by atoms with Crippen molar-refractivity contribution in [2.24, 2.45) is 0 Å². The van der Waals surface area contributed by atoms with Crippen LogP contribution in [-0.4, -0.2) is 43.3 Å². The minimum Gasteiger partial charge on any atom is -0.464 e. The third-order valence-corrected chi connectivity index (χ3v) is 4.90. The number of esters is 1. The lowest BCUT2D eigenvalue weighted by Gasteiger charge is -2.19. The van der Waals surface area contributed by atoms with Crippen LogP contribution in [0.5, 0.6) is 0 Å². The lowest BCUT2D eigenvalue weighted by molar-refractivity contribution is -0.144. The monoisotopic (exact) mass is 399 g/mol. The molecular weight excluding hydrogens is 354 g/mol.